The number of pyridine rings is 1. The molecule has 2 N–H and O–H groups in total. The number of nitro benzene ring substituents is 1. The Hall–Kier alpha value is -6.46. The molecule has 0 radical (unpaired) electrons. The first-order chi connectivity index (χ1) is 29.0. The van der Waals surface area contributed by atoms with Crippen LogP contribution in [0.25, 0.3) is 6.08 Å². The number of non-ortho nitro benzene ring substituents is 1. The molecule has 6 atom stereocenters. The van der Waals surface area contributed by atoms with Gasteiger partial charge >= 0.3 is 6.18 Å². The number of hydrazine groups is 1. The molecule has 2 aliphatic carbocycles. The van der Waals surface area contributed by atoms with Gasteiger partial charge in [-0.25, -0.2) is 4.98 Å². The summed E-state index contributed by atoms with van der Waals surface area (Å²) in [4.78, 5) is 74.4. The first kappa shape index (κ1) is 41.3. The van der Waals surface area contributed by atoms with Gasteiger partial charge in [-0.3, -0.25) is 39.6 Å². The number of alkyl halides is 3. The number of anilines is 2. The van der Waals surface area contributed by atoms with Gasteiger partial charge in [0.25, 0.3) is 17.5 Å². The van der Waals surface area contributed by atoms with Crippen molar-refractivity contribution in [1.29, 1.82) is 0 Å². The van der Waals surface area contributed by atoms with Crippen molar-refractivity contribution in [2.24, 2.45) is 29.6 Å². The lowest BCUT2D eigenvalue weighted by Gasteiger charge is -2.49. The predicted octanol–water partition coefficient (Wildman–Crippen LogP) is 7.77. The molecule has 14 nitrogen and oxygen atoms in total. The number of allylic oxidation sites excluding steroid dienone is 3. The van der Waals surface area contributed by atoms with Crippen molar-refractivity contribution in [2.75, 3.05) is 24.5 Å². The Morgan fingerprint density at radius 3 is 2.20 bits per heavy atom. The number of aromatic nitrogens is 1. The number of amides is 4. The van der Waals surface area contributed by atoms with E-state index in [1.165, 1.54) is 50.6 Å². The number of halogens is 5. The molecule has 61 heavy (non-hydrogen) atoms. The number of nitro groups is 1. The SMILES string of the molecule is COc1cc(C=C[C@H]2C3=CC[C@@H]4C(=O)N(c5ccc([N+](=O)[O-])cc5)C(=O)[C@@H]4[C@@H]3C[C@H]3C(=O)N(Nc4ncc(C(F)(F)F)cc4Cl)C(=O)[C@@]23c2ccc(Cl)cc2)cc(OC)c1O. The Labute approximate surface area is 354 Å². The number of phenolic OH excluding ortho intramolecular Hbond substituents is 1. The maximum Gasteiger partial charge on any atom is 0.417 e. The Morgan fingerprint density at radius 1 is 0.951 bits per heavy atom. The van der Waals surface area contributed by atoms with Crippen molar-refractivity contribution in [3.63, 3.8) is 0 Å². The van der Waals surface area contributed by atoms with Crippen LogP contribution in [0.1, 0.15) is 29.5 Å². The van der Waals surface area contributed by atoms with Crippen LogP contribution in [0.4, 0.5) is 30.4 Å². The van der Waals surface area contributed by atoms with Gasteiger partial charge in [-0.2, -0.15) is 18.2 Å². The number of nitrogens with zero attached hydrogens (tertiary/aromatic N) is 4. The molecule has 1 aromatic heterocycles. The van der Waals surface area contributed by atoms with Gasteiger partial charge in [0, 0.05) is 29.3 Å². The second kappa shape index (κ2) is 15.2. The number of carbonyl (C=O) groups excluding carboxylic acids is 4. The van der Waals surface area contributed by atoms with Crippen LogP contribution in [0.3, 0.4) is 0 Å². The molecule has 0 spiro atoms. The van der Waals surface area contributed by atoms with Gasteiger partial charge in [-0.05, 0) is 72.4 Å². The van der Waals surface area contributed by atoms with Crippen LogP contribution in [0.15, 0.2) is 90.7 Å². The maximum absolute atomic E-state index is 15.3. The second-order valence-corrected chi connectivity index (χ2v) is 15.7. The van der Waals surface area contributed by atoms with Crippen LogP contribution in [0.5, 0.6) is 17.2 Å². The standard InChI is InChI=1S/C42H32Cl2F3N5O9/c1-60-32-15-20(16-33(61-2)35(32)53)3-14-29-26-12-13-27-34(39(56)50(37(27)54)24-8-10-25(11-9-24)52(58)59)28(26)18-30-38(55)51(40(57)41(29,30)21-4-6-23(43)7-5-21)49-36-31(44)17-22(19-48-36)42(45,46)47/h3-12,14-17,19,27-30,34,53H,13,18H2,1-2H3,(H,48,49)/t27-,28+,29-,30-,34-,41-/m0/s1. The molecule has 4 amide bonds. The average molecular weight is 879 g/mol. The molecule has 314 valence electrons. The number of methoxy groups -OCH3 is 2. The number of fused-ring (bicyclic) bond motifs is 4. The minimum atomic E-state index is -4.79. The molecule has 0 unspecified atom stereocenters. The Morgan fingerprint density at radius 2 is 1.61 bits per heavy atom. The number of ether oxygens (including phenoxy) is 2. The lowest BCUT2D eigenvalue weighted by Crippen LogP contribution is -2.54. The van der Waals surface area contributed by atoms with E-state index < -0.39 is 86.1 Å². The smallest absolute Gasteiger partial charge is 0.417 e. The number of hydrogen-bond donors (Lipinski definition) is 2. The third-order valence-corrected chi connectivity index (χ3v) is 12.5. The molecule has 2 saturated heterocycles. The summed E-state index contributed by atoms with van der Waals surface area (Å²) in [5, 5.41) is 22.5. The third-order valence-electron chi connectivity index (χ3n) is 11.9. The highest BCUT2D eigenvalue weighted by Gasteiger charge is 2.69. The quantitative estimate of drug-likeness (QED) is 0.0726. The number of nitrogens with one attached hydrogen (secondary N) is 1. The van der Waals surface area contributed by atoms with E-state index in [1.54, 1.807) is 42.5 Å². The van der Waals surface area contributed by atoms with Gasteiger partial charge in [0.05, 0.1) is 58.6 Å². The Bertz CT molecular complexity index is 2560. The van der Waals surface area contributed by atoms with Crippen LogP contribution in [0.2, 0.25) is 10.0 Å². The minimum absolute atomic E-state index is 0.0618. The summed E-state index contributed by atoms with van der Waals surface area (Å²) in [6.45, 7) is 0. The fourth-order valence-electron chi connectivity index (χ4n) is 9.22. The lowest BCUT2D eigenvalue weighted by atomic mass is 9.50. The number of phenols is 1. The van der Waals surface area contributed by atoms with Gasteiger partial charge in [-0.1, -0.05) is 59.1 Å². The van der Waals surface area contributed by atoms with Crippen molar-refractivity contribution in [2.45, 2.75) is 24.4 Å². The van der Waals surface area contributed by atoms with Crippen LogP contribution < -0.4 is 19.8 Å². The van der Waals surface area contributed by atoms with Gasteiger partial charge in [0.15, 0.2) is 17.3 Å². The zero-order valence-corrected chi connectivity index (χ0v) is 33.4. The fraction of sp³-hybridized carbons (Fsp3) is 0.262. The summed E-state index contributed by atoms with van der Waals surface area (Å²) in [5.74, 6) is -8.34. The number of carbonyl (C=O) groups is 4. The van der Waals surface area contributed by atoms with E-state index in [1.807, 2.05) is 0 Å². The largest absolute Gasteiger partial charge is 0.502 e. The van der Waals surface area contributed by atoms with Crippen LogP contribution in [-0.4, -0.2) is 57.9 Å². The number of benzene rings is 3. The minimum Gasteiger partial charge on any atom is -0.502 e. The summed E-state index contributed by atoms with van der Waals surface area (Å²) in [5.41, 5.74) is 0.837. The van der Waals surface area contributed by atoms with E-state index in [9.17, 15) is 42.8 Å². The first-order valence-electron chi connectivity index (χ1n) is 18.6. The molecule has 3 fully saturated rings. The van der Waals surface area contributed by atoms with Gasteiger partial charge in [-0.15, -0.1) is 0 Å². The molecule has 3 aromatic carbocycles. The summed E-state index contributed by atoms with van der Waals surface area (Å²) in [7, 11) is 2.69. The highest BCUT2D eigenvalue weighted by Crippen LogP contribution is 2.62. The highest BCUT2D eigenvalue weighted by molar-refractivity contribution is 6.33. The topological polar surface area (TPSA) is 182 Å². The normalized spacial score (nSPS) is 24.7. The van der Waals surface area contributed by atoms with Crippen molar-refractivity contribution in [1.82, 2.24) is 9.99 Å². The molecule has 1 saturated carbocycles. The molecular weight excluding hydrogens is 846 g/mol. The van der Waals surface area contributed by atoms with E-state index in [2.05, 4.69) is 10.4 Å². The summed E-state index contributed by atoms with van der Waals surface area (Å²) >= 11 is 12.6. The molecule has 19 heteroatoms. The maximum atomic E-state index is 15.3. The number of aromatic hydroxyl groups is 1. The molecular formula is C42H32Cl2F3N5O9. The summed E-state index contributed by atoms with van der Waals surface area (Å²) < 4.78 is 51.3. The van der Waals surface area contributed by atoms with Gasteiger partial charge in [0.2, 0.25) is 17.6 Å². The Kier molecular flexibility index (Phi) is 10.3. The van der Waals surface area contributed by atoms with Crippen molar-refractivity contribution >= 4 is 70.1 Å². The fourth-order valence-corrected chi connectivity index (χ4v) is 9.56. The van der Waals surface area contributed by atoms with Crippen LogP contribution in [-0.2, 0) is 30.8 Å². The number of imide groups is 2. The zero-order chi connectivity index (χ0) is 43.7. The zero-order valence-electron chi connectivity index (χ0n) is 31.9. The molecule has 4 aromatic rings. The number of hydrogen-bond acceptors (Lipinski definition) is 11. The van der Waals surface area contributed by atoms with Crippen molar-refractivity contribution in [3.05, 3.63) is 128 Å². The molecule has 2 aliphatic heterocycles. The van der Waals surface area contributed by atoms with E-state index in [4.69, 9.17) is 32.7 Å². The van der Waals surface area contributed by atoms with Crippen molar-refractivity contribution in [3.8, 4) is 17.2 Å². The van der Waals surface area contributed by atoms with E-state index in [0.717, 1.165) is 4.90 Å². The molecule has 4 aliphatic rings. The predicted molar refractivity (Wildman–Crippen MR) is 213 cm³/mol. The van der Waals surface area contributed by atoms with Crippen LogP contribution in [0, 0.1) is 39.7 Å². The summed E-state index contributed by atoms with van der Waals surface area (Å²) in [6.07, 6.45) is 0.745. The van der Waals surface area contributed by atoms with Crippen molar-refractivity contribution < 1.29 is 51.9 Å². The average Bonchev–Trinajstić information content (AvgIpc) is 3.61. The lowest BCUT2D eigenvalue weighted by molar-refractivity contribution is -0.384. The molecule has 0 bridgehead atoms. The van der Waals surface area contributed by atoms with E-state index in [-0.39, 0.29) is 41.5 Å². The second-order valence-electron chi connectivity index (χ2n) is 14.9. The van der Waals surface area contributed by atoms with Crippen LogP contribution >= 0.6 is 23.2 Å². The number of rotatable bonds is 9. The third kappa shape index (κ3) is 6.62. The summed E-state index contributed by atoms with van der Waals surface area (Å²) in [6, 6.07) is 14.9. The van der Waals surface area contributed by atoms with Gasteiger partial charge in [0.1, 0.15) is 0 Å². The van der Waals surface area contributed by atoms with E-state index >= 15 is 4.79 Å². The molecule has 8 rings (SSSR count). The monoisotopic (exact) mass is 877 g/mol. The first-order valence-corrected chi connectivity index (χ1v) is 19.4. The van der Waals surface area contributed by atoms with E-state index in [0.29, 0.717) is 39.0 Å². The van der Waals surface area contributed by atoms with Gasteiger partial charge < -0.3 is 14.6 Å². The molecule has 3 heterocycles. The highest BCUT2D eigenvalue weighted by atomic mass is 35.5. The Balaban J connectivity index is 1.29.